The number of nitrogens with one attached hydrogen (secondary N) is 2. The molecule has 0 saturated heterocycles. The maximum atomic E-state index is 11.3. The largest absolute Gasteiger partial charge is 0.354 e. The molecule has 2 N–H and O–H groups in total. The zero-order chi connectivity index (χ0) is 12.5. The Morgan fingerprint density at radius 3 is 2.53 bits per heavy atom. The van der Waals surface area contributed by atoms with Gasteiger partial charge in [0, 0.05) is 18.9 Å². The molecule has 0 atom stereocenters. The number of nitrogens with zero attached hydrogens (tertiary/aromatic N) is 1. The first-order valence-electron chi connectivity index (χ1n) is 5.20. The van der Waals surface area contributed by atoms with Gasteiger partial charge in [0.2, 0.25) is 11.8 Å². The number of carbonyl (C=O) groups is 2. The van der Waals surface area contributed by atoms with Crippen LogP contribution in [0.2, 0.25) is 0 Å². The van der Waals surface area contributed by atoms with Gasteiger partial charge in [0.15, 0.2) is 0 Å². The number of pyridine rings is 1. The quantitative estimate of drug-likeness (QED) is 0.708. The number of amides is 2. The maximum absolute atomic E-state index is 11.3. The van der Waals surface area contributed by atoms with Crippen molar-refractivity contribution in [3.63, 3.8) is 0 Å². The lowest BCUT2D eigenvalue weighted by molar-refractivity contribution is -0.124. The van der Waals surface area contributed by atoms with Crippen LogP contribution in [0.5, 0.6) is 0 Å². The highest BCUT2D eigenvalue weighted by atomic mass is 35.5. The van der Waals surface area contributed by atoms with Crippen LogP contribution in [0.1, 0.15) is 5.56 Å². The summed E-state index contributed by atoms with van der Waals surface area (Å²) in [5, 5.41) is 5.08. The molecule has 6 heteroatoms. The topological polar surface area (TPSA) is 71.1 Å². The smallest absolute Gasteiger partial charge is 0.239 e. The number of alkyl halides is 1. The zero-order valence-electron chi connectivity index (χ0n) is 9.28. The van der Waals surface area contributed by atoms with E-state index < -0.39 is 0 Å². The first kappa shape index (κ1) is 13.4. The molecule has 0 radical (unpaired) electrons. The minimum absolute atomic E-state index is 0.0398. The van der Waals surface area contributed by atoms with E-state index in [1.165, 1.54) is 0 Å². The Bertz CT molecular complexity index is 370. The van der Waals surface area contributed by atoms with Gasteiger partial charge >= 0.3 is 0 Å². The summed E-state index contributed by atoms with van der Waals surface area (Å²) in [6.45, 7) is 0.488. The molecule has 1 aromatic rings. The van der Waals surface area contributed by atoms with Crippen molar-refractivity contribution in [1.82, 2.24) is 15.6 Å². The van der Waals surface area contributed by atoms with Gasteiger partial charge < -0.3 is 10.6 Å². The van der Waals surface area contributed by atoms with Crippen molar-refractivity contribution in [3.8, 4) is 0 Å². The molecule has 17 heavy (non-hydrogen) atoms. The van der Waals surface area contributed by atoms with E-state index in [9.17, 15) is 9.59 Å². The molecule has 2 amide bonds. The Morgan fingerprint density at radius 2 is 1.88 bits per heavy atom. The second-order valence-electron chi connectivity index (χ2n) is 3.37. The summed E-state index contributed by atoms with van der Waals surface area (Å²) in [5.74, 6) is -0.710. The van der Waals surface area contributed by atoms with E-state index in [-0.39, 0.29) is 24.2 Å². The lowest BCUT2D eigenvalue weighted by atomic mass is 10.2. The van der Waals surface area contributed by atoms with E-state index in [0.717, 1.165) is 12.0 Å². The molecular weight excluding hydrogens is 242 g/mol. The summed E-state index contributed by atoms with van der Waals surface area (Å²) >= 11 is 5.27. The van der Waals surface area contributed by atoms with Gasteiger partial charge in [0.05, 0.1) is 6.54 Å². The van der Waals surface area contributed by atoms with Gasteiger partial charge in [-0.1, -0.05) is 0 Å². The van der Waals surface area contributed by atoms with Crippen LogP contribution in [0, 0.1) is 0 Å². The first-order chi connectivity index (χ1) is 8.22. The Morgan fingerprint density at radius 1 is 1.18 bits per heavy atom. The van der Waals surface area contributed by atoms with Crippen molar-refractivity contribution in [2.45, 2.75) is 6.42 Å². The van der Waals surface area contributed by atoms with E-state index in [1.54, 1.807) is 12.4 Å². The lowest BCUT2D eigenvalue weighted by Gasteiger charge is -2.05. The third-order valence-electron chi connectivity index (χ3n) is 2.05. The Kier molecular flexibility index (Phi) is 6.03. The van der Waals surface area contributed by atoms with Gasteiger partial charge in [-0.05, 0) is 24.1 Å². The first-order valence-corrected chi connectivity index (χ1v) is 5.74. The highest BCUT2D eigenvalue weighted by molar-refractivity contribution is 6.27. The van der Waals surface area contributed by atoms with Crippen LogP contribution >= 0.6 is 11.6 Å². The molecule has 0 aliphatic carbocycles. The summed E-state index contributed by atoms with van der Waals surface area (Å²) in [4.78, 5) is 26.0. The van der Waals surface area contributed by atoms with Gasteiger partial charge in [-0.3, -0.25) is 14.6 Å². The van der Waals surface area contributed by atoms with Crippen LogP contribution in [-0.4, -0.2) is 35.8 Å². The molecule has 0 aromatic carbocycles. The van der Waals surface area contributed by atoms with Crippen LogP contribution in [0.3, 0.4) is 0 Å². The molecule has 0 aliphatic rings. The molecule has 0 saturated carbocycles. The second kappa shape index (κ2) is 7.62. The molecule has 5 nitrogen and oxygen atoms in total. The van der Waals surface area contributed by atoms with Crippen molar-refractivity contribution < 1.29 is 9.59 Å². The fraction of sp³-hybridized carbons (Fsp3) is 0.364. The van der Waals surface area contributed by atoms with Crippen molar-refractivity contribution in [2.75, 3.05) is 19.0 Å². The van der Waals surface area contributed by atoms with Crippen molar-refractivity contribution in [1.29, 1.82) is 0 Å². The van der Waals surface area contributed by atoms with Gasteiger partial charge in [0.1, 0.15) is 5.88 Å². The van der Waals surface area contributed by atoms with E-state index in [0.29, 0.717) is 6.54 Å². The lowest BCUT2D eigenvalue weighted by Crippen LogP contribution is -2.38. The number of rotatable bonds is 6. The fourth-order valence-electron chi connectivity index (χ4n) is 1.18. The molecule has 0 fully saturated rings. The molecule has 0 bridgehead atoms. The SMILES string of the molecule is O=C(CCl)NCC(=O)NCCc1ccncc1. The van der Waals surface area contributed by atoms with Gasteiger partial charge in [-0.15, -0.1) is 11.6 Å². The predicted octanol–water partition coefficient (Wildman–Crippen LogP) is 0.0953. The third-order valence-corrected chi connectivity index (χ3v) is 2.30. The predicted molar refractivity (Wildman–Crippen MR) is 64.7 cm³/mol. The fourth-order valence-corrected chi connectivity index (χ4v) is 1.28. The number of carbonyl (C=O) groups excluding carboxylic acids is 2. The number of halogens is 1. The summed E-state index contributed by atoms with van der Waals surface area (Å²) in [7, 11) is 0. The summed E-state index contributed by atoms with van der Waals surface area (Å²) in [6.07, 6.45) is 4.15. The van der Waals surface area contributed by atoms with Crippen molar-refractivity contribution in [3.05, 3.63) is 30.1 Å². The molecule has 1 heterocycles. The maximum Gasteiger partial charge on any atom is 0.239 e. The van der Waals surface area contributed by atoms with E-state index in [2.05, 4.69) is 15.6 Å². The van der Waals surface area contributed by atoms with Crippen LogP contribution in [0.25, 0.3) is 0 Å². The summed E-state index contributed by atoms with van der Waals surface area (Å²) in [5.41, 5.74) is 1.10. The van der Waals surface area contributed by atoms with Gasteiger partial charge in [-0.25, -0.2) is 0 Å². The Labute approximate surface area is 105 Å². The van der Waals surface area contributed by atoms with Gasteiger partial charge in [0.25, 0.3) is 0 Å². The minimum atomic E-state index is -0.351. The molecule has 92 valence electrons. The summed E-state index contributed by atoms with van der Waals surface area (Å²) in [6, 6.07) is 3.78. The van der Waals surface area contributed by atoms with Crippen molar-refractivity contribution in [2.24, 2.45) is 0 Å². The monoisotopic (exact) mass is 255 g/mol. The standard InChI is InChI=1S/C11H14ClN3O2/c12-7-10(16)15-8-11(17)14-6-3-9-1-4-13-5-2-9/h1-2,4-5H,3,6-8H2,(H,14,17)(H,15,16). The minimum Gasteiger partial charge on any atom is -0.354 e. The molecule has 1 rings (SSSR count). The third kappa shape index (κ3) is 5.87. The number of hydrogen-bond acceptors (Lipinski definition) is 3. The van der Waals surface area contributed by atoms with E-state index >= 15 is 0 Å². The van der Waals surface area contributed by atoms with E-state index in [4.69, 9.17) is 11.6 Å². The van der Waals surface area contributed by atoms with Crippen molar-refractivity contribution >= 4 is 23.4 Å². The normalized spacial score (nSPS) is 9.71. The number of aromatic nitrogens is 1. The van der Waals surface area contributed by atoms with Gasteiger partial charge in [-0.2, -0.15) is 0 Å². The molecule has 0 aliphatic heterocycles. The zero-order valence-corrected chi connectivity index (χ0v) is 10.0. The average molecular weight is 256 g/mol. The number of hydrogen-bond donors (Lipinski definition) is 2. The van der Waals surface area contributed by atoms with Crippen LogP contribution in [0.4, 0.5) is 0 Å². The highest BCUT2D eigenvalue weighted by Crippen LogP contribution is 1.95. The van der Waals surface area contributed by atoms with Crippen LogP contribution < -0.4 is 10.6 Å². The molecule has 0 spiro atoms. The Balaban J connectivity index is 2.14. The molecule has 0 unspecified atom stereocenters. The molecular formula is C11H14ClN3O2. The Hall–Kier alpha value is -1.62. The van der Waals surface area contributed by atoms with E-state index in [1.807, 2.05) is 12.1 Å². The highest BCUT2D eigenvalue weighted by Gasteiger charge is 2.03. The molecule has 1 aromatic heterocycles. The van der Waals surface area contributed by atoms with Crippen LogP contribution in [0.15, 0.2) is 24.5 Å². The van der Waals surface area contributed by atoms with Crippen LogP contribution in [-0.2, 0) is 16.0 Å². The second-order valence-corrected chi connectivity index (χ2v) is 3.63. The summed E-state index contributed by atoms with van der Waals surface area (Å²) < 4.78 is 0. The average Bonchev–Trinajstić information content (AvgIpc) is 2.37.